The summed E-state index contributed by atoms with van der Waals surface area (Å²) in [6.07, 6.45) is 0.981. The first-order valence-corrected chi connectivity index (χ1v) is 9.35. The van der Waals surface area contributed by atoms with Crippen LogP contribution in [0.4, 0.5) is 4.39 Å². The van der Waals surface area contributed by atoms with Crippen LogP contribution >= 0.6 is 0 Å². The van der Waals surface area contributed by atoms with Gasteiger partial charge in [0.2, 0.25) is 10.0 Å². The zero-order valence-corrected chi connectivity index (χ0v) is 14.0. The van der Waals surface area contributed by atoms with E-state index in [1.165, 1.54) is 16.4 Å². The number of nitrogens with zero attached hydrogens (tertiary/aromatic N) is 1. The van der Waals surface area contributed by atoms with Crippen LogP contribution in [0.3, 0.4) is 0 Å². The van der Waals surface area contributed by atoms with E-state index in [1.807, 2.05) is 0 Å². The number of benzene rings is 2. The Kier molecular flexibility index (Phi) is 4.71. The summed E-state index contributed by atoms with van der Waals surface area (Å²) in [5.74, 6) is -0.333. The summed E-state index contributed by atoms with van der Waals surface area (Å²) in [6.45, 7) is 0.506. The molecule has 1 aliphatic rings. The molecule has 0 bridgehead atoms. The van der Waals surface area contributed by atoms with Crippen molar-refractivity contribution in [3.05, 3.63) is 66.0 Å². The van der Waals surface area contributed by atoms with Crippen LogP contribution in [0.15, 0.2) is 59.5 Å². The van der Waals surface area contributed by atoms with Crippen LogP contribution in [-0.2, 0) is 16.4 Å². The van der Waals surface area contributed by atoms with Crippen molar-refractivity contribution >= 4 is 10.0 Å². The molecule has 2 aromatic carbocycles. The Morgan fingerprint density at radius 1 is 1.04 bits per heavy atom. The van der Waals surface area contributed by atoms with Crippen LogP contribution < -0.4 is 0 Å². The summed E-state index contributed by atoms with van der Waals surface area (Å²) < 4.78 is 39.9. The molecule has 1 fully saturated rings. The van der Waals surface area contributed by atoms with Crippen LogP contribution in [0.2, 0.25) is 0 Å². The second-order valence-corrected chi connectivity index (χ2v) is 8.19. The maximum atomic E-state index is 13.3. The van der Waals surface area contributed by atoms with E-state index in [0.29, 0.717) is 19.3 Å². The van der Waals surface area contributed by atoms with Crippen LogP contribution in [0.25, 0.3) is 0 Å². The van der Waals surface area contributed by atoms with Crippen molar-refractivity contribution in [2.45, 2.75) is 29.8 Å². The molecule has 4 nitrogen and oxygen atoms in total. The van der Waals surface area contributed by atoms with Crippen LogP contribution in [0.1, 0.15) is 18.4 Å². The Labute approximate surface area is 141 Å². The van der Waals surface area contributed by atoms with Crippen molar-refractivity contribution < 1.29 is 17.9 Å². The normalized spacial score (nSPS) is 18.4. The Hall–Kier alpha value is -1.76. The first-order chi connectivity index (χ1) is 11.4. The third-order valence-corrected chi connectivity index (χ3v) is 6.37. The fourth-order valence-electron chi connectivity index (χ4n) is 3.09. The highest BCUT2D eigenvalue weighted by Gasteiger charge is 2.37. The number of rotatable bonds is 4. The van der Waals surface area contributed by atoms with Gasteiger partial charge in [-0.2, -0.15) is 4.31 Å². The van der Waals surface area contributed by atoms with Gasteiger partial charge in [0.1, 0.15) is 5.82 Å². The average Bonchev–Trinajstić information content (AvgIpc) is 2.56. The van der Waals surface area contributed by atoms with Gasteiger partial charge in [0.15, 0.2) is 0 Å². The molecule has 0 aliphatic carbocycles. The molecule has 1 heterocycles. The molecule has 0 aromatic heterocycles. The molecule has 3 rings (SSSR count). The lowest BCUT2D eigenvalue weighted by atomic mass is 9.86. The summed E-state index contributed by atoms with van der Waals surface area (Å²) in [5.41, 5.74) is -0.284. The SMILES string of the molecule is O=S(=O)(c1ccccc1)N1CCC(O)(Cc2cccc(F)c2)CC1. The molecule has 0 amide bonds. The first-order valence-electron chi connectivity index (χ1n) is 7.91. The van der Waals surface area contributed by atoms with Crippen molar-refractivity contribution in [1.82, 2.24) is 4.31 Å². The zero-order valence-electron chi connectivity index (χ0n) is 13.2. The van der Waals surface area contributed by atoms with E-state index >= 15 is 0 Å². The zero-order chi connectivity index (χ0) is 17.2. The number of hydrogen-bond donors (Lipinski definition) is 1. The highest BCUT2D eigenvalue weighted by Crippen LogP contribution is 2.29. The minimum absolute atomic E-state index is 0.253. The van der Waals surface area contributed by atoms with E-state index in [2.05, 4.69) is 0 Å². The molecular weight excluding hydrogens is 329 g/mol. The standard InChI is InChI=1S/C18H20FNO3S/c19-16-6-4-5-15(13-16)14-18(21)9-11-20(12-10-18)24(22,23)17-7-2-1-3-8-17/h1-8,13,21H,9-12,14H2. The minimum Gasteiger partial charge on any atom is -0.389 e. The number of piperidine rings is 1. The summed E-state index contributed by atoms with van der Waals surface area (Å²) in [5, 5.41) is 10.7. The lowest BCUT2D eigenvalue weighted by Crippen LogP contribution is -2.47. The van der Waals surface area contributed by atoms with Gasteiger partial charge in [-0.05, 0) is 42.7 Å². The topological polar surface area (TPSA) is 57.6 Å². The van der Waals surface area contributed by atoms with Crippen molar-refractivity contribution in [3.63, 3.8) is 0 Å². The number of sulfonamides is 1. The van der Waals surface area contributed by atoms with Gasteiger partial charge in [0.05, 0.1) is 10.5 Å². The number of aliphatic hydroxyl groups is 1. The Bertz CT molecular complexity index is 800. The minimum atomic E-state index is -3.53. The van der Waals surface area contributed by atoms with E-state index in [9.17, 15) is 17.9 Å². The molecule has 1 aliphatic heterocycles. The number of halogens is 1. The first kappa shape index (κ1) is 17.1. The quantitative estimate of drug-likeness (QED) is 0.923. The maximum absolute atomic E-state index is 13.3. The maximum Gasteiger partial charge on any atom is 0.243 e. The van der Waals surface area contributed by atoms with Crippen molar-refractivity contribution in [3.8, 4) is 0 Å². The van der Waals surface area contributed by atoms with Crippen molar-refractivity contribution in [2.24, 2.45) is 0 Å². The molecule has 6 heteroatoms. The predicted molar refractivity (Wildman–Crippen MR) is 89.5 cm³/mol. The van der Waals surface area contributed by atoms with Crippen LogP contribution in [0.5, 0.6) is 0 Å². The van der Waals surface area contributed by atoms with Gasteiger partial charge >= 0.3 is 0 Å². The third kappa shape index (κ3) is 3.66. The van der Waals surface area contributed by atoms with E-state index < -0.39 is 15.6 Å². The van der Waals surface area contributed by atoms with Crippen molar-refractivity contribution in [2.75, 3.05) is 13.1 Å². The van der Waals surface area contributed by atoms with Crippen molar-refractivity contribution in [1.29, 1.82) is 0 Å². The second kappa shape index (κ2) is 6.63. The van der Waals surface area contributed by atoms with E-state index in [4.69, 9.17) is 0 Å². The molecular formula is C18H20FNO3S. The average molecular weight is 349 g/mol. The molecule has 0 atom stereocenters. The van der Waals surface area contributed by atoms with Gasteiger partial charge < -0.3 is 5.11 Å². The summed E-state index contributed by atoms with van der Waals surface area (Å²) >= 11 is 0. The second-order valence-electron chi connectivity index (χ2n) is 6.25. The smallest absolute Gasteiger partial charge is 0.243 e. The Morgan fingerprint density at radius 2 is 1.71 bits per heavy atom. The fraction of sp³-hybridized carbons (Fsp3) is 0.333. The lowest BCUT2D eigenvalue weighted by Gasteiger charge is -2.37. The van der Waals surface area contributed by atoms with Crippen LogP contribution in [0, 0.1) is 5.82 Å². The Balaban J connectivity index is 1.69. The molecule has 0 saturated carbocycles. The highest BCUT2D eigenvalue weighted by molar-refractivity contribution is 7.89. The fourth-order valence-corrected chi connectivity index (χ4v) is 4.55. The van der Waals surface area contributed by atoms with Gasteiger partial charge in [0.25, 0.3) is 0 Å². The third-order valence-electron chi connectivity index (χ3n) is 4.46. The van der Waals surface area contributed by atoms with E-state index in [0.717, 1.165) is 5.56 Å². The molecule has 2 aromatic rings. The van der Waals surface area contributed by atoms with Gasteiger partial charge in [-0.15, -0.1) is 0 Å². The van der Waals surface area contributed by atoms with E-state index in [1.54, 1.807) is 42.5 Å². The molecule has 0 radical (unpaired) electrons. The lowest BCUT2D eigenvalue weighted by molar-refractivity contribution is -0.00445. The Morgan fingerprint density at radius 3 is 2.33 bits per heavy atom. The van der Waals surface area contributed by atoms with Gasteiger partial charge in [-0.1, -0.05) is 30.3 Å². The molecule has 128 valence electrons. The monoisotopic (exact) mass is 349 g/mol. The molecule has 1 saturated heterocycles. The molecule has 1 N–H and O–H groups in total. The molecule has 24 heavy (non-hydrogen) atoms. The summed E-state index contributed by atoms with van der Waals surface area (Å²) in [6, 6.07) is 14.5. The van der Waals surface area contributed by atoms with Gasteiger partial charge in [-0.3, -0.25) is 0 Å². The van der Waals surface area contributed by atoms with E-state index in [-0.39, 0.29) is 23.8 Å². The van der Waals surface area contributed by atoms with Crippen LogP contribution in [-0.4, -0.2) is 36.5 Å². The predicted octanol–water partition coefficient (Wildman–Crippen LogP) is 2.58. The summed E-state index contributed by atoms with van der Waals surface area (Å²) in [4.78, 5) is 0.264. The largest absolute Gasteiger partial charge is 0.389 e. The van der Waals surface area contributed by atoms with Gasteiger partial charge in [0, 0.05) is 19.5 Å². The van der Waals surface area contributed by atoms with Gasteiger partial charge in [-0.25, -0.2) is 12.8 Å². The highest BCUT2D eigenvalue weighted by atomic mass is 32.2. The molecule has 0 spiro atoms. The summed E-state index contributed by atoms with van der Waals surface area (Å²) in [7, 11) is -3.53. The molecule has 0 unspecified atom stereocenters. The number of hydrogen-bond acceptors (Lipinski definition) is 3.